The molecule has 0 radical (unpaired) electrons. The van der Waals surface area contributed by atoms with Gasteiger partial charge in [-0.25, -0.2) is 9.78 Å². The molecule has 1 aliphatic rings. The van der Waals surface area contributed by atoms with Gasteiger partial charge in [0.1, 0.15) is 9.88 Å². The summed E-state index contributed by atoms with van der Waals surface area (Å²) < 4.78 is 10.3. The van der Waals surface area contributed by atoms with E-state index in [-0.39, 0.29) is 12.5 Å². The average Bonchev–Trinajstić information content (AvgIpc) is 3.22. The van der Waals surface area contributed by atoms with E-state index in [0.717, 1.165) is 9.88 Å². The van der Waals surface area contributed by atoms with Crippen molar-refractivity contribution < 1.29 is 19.1 Å². The largest absolute Gasteiger partial charge is 0.451 e. The summed E-state index contributed by atoms with van der Waals surface area (Å²) in [6, 6.07) is 3.90. The SMILES string of the molecule is Cc1nc(-c2cccs2)sc1C(=O)OCC(=O)N1CCOCC1. The molecule has 0 bridgehead atoms. The Hall–Kier alpha value is -1.77. The number of aryl methyl sites for hydroxylation is 1. The highest BCUT2D eigenvalue weighted by Crippen LogP contribution is 2.31. The predicted molar refractivity (Wildman–Crippen MR) is 87.8 cm³/mol. The van der Waals surface area contributed by atoms with Crippen LogP contribution in [0.3, 0.4) is 0 Å². The number of morpholine rings is 1. The lowest BCUT2D eigenvalue weighted by Gasteiger charge is -2.26. The van der Waals surface area contributed by atoms with Gasteiger partial charge in [-0.05, 0) is 18.4 Å². The van der Waals surface area contributed by atoms with Gasteiger partial charge in [-0.1, -0.05) is 6.07 Å². The Labute approximate surface area is 141 Å². The molecule has 6 nitrogen and oxygen atoms in total. The van der Waals surface area contributed by atoms with Crippen molar-refractivity contribution in [2.75, 3.05) is 32.9 Å². The Morgan fingerprint density at radius 2 is 2.17 bits per heavy atom. The number of thiophene rings is 1. The summed E-state index contributed by atoms with van der Waals surface area (Å²) in [5.41, 5.74) is 0.627. The summed E-state index contributed by atoms with van der Waals surface area (Å²) in [5, 5.41) is 2.76. The van der Waals surface area contributed by atoms with Crippen LogP contribution in [0.2, 0.25) is 0 Å². The van der Waals surface area contributed by atoms with Gasteiger partial charge in [0, 0.05) is 13.1 Å². The number of ether oxygens (including phenoxy) is 2. The van der Waals surface area contributed by atoms with Crippen molar-refractivity contribution in [3.05, 3.63) is 28.1 Å². The van der Waals surface area contributed by atoms with E-state index in [4.69, 9.17) is 9.47 Å². The molecule has 1 aliphatic heterocycles. The van der Waals surface area contributed by atoms with Gasteiger partial charge in [-0.15, -0.1) is 22.7 Å². The van der Waals surface area contributed by atoms with Gasteiger partial charge in [0.05, 0.1) is 23.8 Å². The first-order valence-corrected chi connectivity index (χ1v) is 8.88. The van der Waals surface area contributed by atoms with Gasteiger partial charge in [0.2, 0.25) is 0 Å². The number of carbonyl (C=O) groups excluding carboxylic acids is 2. The van der Waals surface area contributed by atoms with Crippen molar-refractivity contribution in [1.29, 1.82) is 0 Å². The van der Waals surface area contributed by atoms with E-state index in [1.807, 2.05) is 17.5 Å². The van der Waals surface area contributed by atoms with Crippen LogP contribution < -0.4 is 0 Å². The summed E-state index contributed by atoms with van der Waals surface area (Å²) >= 11 is 2.86. The first-order valence-electron chi connectivity index (χ1n) is 7.19. The van der Waals surface area contributed by atoms with Gasteiger partial charge in [0.15, 0.2) is 6.61 Å². The van der Waals surface area contributed by atoms with E-state index in [1.54, 1.807) is 23.2 Å². The lowest BCUT2D eigenvalue weighted by atomic mass is 10.4. The van der Waals surface area contributed by atoms with E-state index < -0.39 is 5.97 Å². The normalized spacial score (nSPS) is 14.7. The maximum atomic E-state index is 12.2. The van der Waals surface area contributed by atoms with Gasteiger partial charge in [-0.2, -0.15) is 0 Å². The molecule has 0 atom stereocenters. The predicted octanol–water partition coefficient (Wildman–Crippen LogP) is 2.20. The molecule has 1 amide bonds. The Balaban J connectivity index is 1.61. The van der Waals surface area contributed by atoms with Crippen LogP contribution in [-0.4, -0.2) is 54.7 Å². The summed E-state index contributed by atoms with van der Waals surface area (Å²) in [5.74, 6) is -0.688. The van der Waals surface area contributed by atoms with Crippen molar-refractivity contribution >= 4 is 34.6 Å². The van der Waals surface area contributed by atoms with Crippen molar-refractivity contribution in [3.8, 4) is 9.88 Å². The Bertz CT molecular complexity index is 690. The van der Waals surface area contributed by atoms with E-state index >= 15 is 0 Å². The molecule has 122 valence electrons. The van der Waals surface area contributed by atoms with Crippen LogP contribution in [0.5, 0.6) is 0 Å². The molecule has 2 aromatic heterocycles. The highest BCUT2D eigenvalue weighted by molar-refractivity contribution is 7.22. The summed E-state index contributed by atoms with van der Waals surface area (Å²) in [7, 11) is 0. The van der Waals surface area contributed by atoms with Crippen molar-refractivity contribution in [2.24, 2.45) is 0 Å². The molecule has 0 aromatic carbocycles. The molecule has 1 fully saturated rings. The lowest BCUT2D eigenvalue weighted by molar-refractivity contribution is -0.138. The van der Waals surface area contributed by atoms with Gasteiger partial charge < -0.3 is 14.4 Å². The van der Waals surface area contributed by atoms with E-state index in [1.165, 1.54) is 11.3 Å². The number of amides is 1. The highest BCUT2D eigenvalue weighted by Gasteiger charge is 2.21. The molecule has 2 aromatic rings. The average molecular weight is 352 g/mol. The van der Waals surface area contributed by atoms with Crippen LogP contribution in [0.25, 0.3) is 9.88 Å². The first-order chi connectivity index (χ1) is 11.1. The minimum atomic E-state index is -0.496. The Morgan fingerprint density at radius 3 is 2.87 bits per heavy atom. The zero-order chi connectivity index (χ0) is 16.2. The number of nitrogens with zero attached hydrogens (tertiary/aromatic N) is 2. The molecule has 0 saturated carbocycles. The molecule has 0 unspecified atom stereocenters. The molecule has 0 N–H and O–H groups in total. The molecule has 0 spiro atoms. The van der Waals surface area contributed by atoms with Crippen molar-refractivity contribution in [3.63, 3.8) is 0 Å². The molecule has 0 aliphatic carbocycles. The highest BCUT2D eigenvalue weighted by atomic mass is 32.1. The number of carbonyl (C=O) groups is 2. The number of esters is 1. The molecule has 1 saturated heterocycles. The first kappa shape index (κ1) is 16.1. The van der Waals surface area contributed by atoms with Crippen molar-refractivity contribution in [2.45, 2.75) is 6.92 Å². The van der Waals surface area contributed by atoms with Crippen LogP contribution in [0, 0.1) is 6.92 Å². The van der Waals surface area contributed by atoms with Crippen LogP contribution in [0.15, 0.2) is 17.5 Å². The third kappa shape index (κ3) is 3.77. The third-order valence-corrected chi connectivity index (χ3v) is 5.58. The second kappa shape index (κ2) is 7.20. The number of aromatic nitrogens is 1. The second-order valence-electron chi connectivity index (χ2n) is 4.98. The number of hydrogen-bond donors (Lipinski definition) is 0. The fourth-order valence-electron chi connectivity index (χ4n) is 2.19. The second-order valence-corrected chi connectivity index (χ2v) is 6.93. The Morgan fingerprint density at radius 1 is 1.39 bits per heavy atom. The third-order valence-electron chi connectivity index (χ3n) is 3.40. The molecule has 3 rings (SSSR count). The van der Waals surface area contributed by atoms with Crippen LogP contribution in [0.4, 0.5) is 0 Å². The Kier molecular flexibility index (Phi) is 5.04. The number of thiazole rings is 1. The summed E-state index contributed by atoms with van der Waals surface area (Å²) in [6.45, 7) is 3.66. The van der Waals surface area contributed by atoms with Crippen LogP contribution in [0.1, 0.15) is 15.4 Å². The summed E-state index contributed by atoms with van der Waals surface area (Å²) in [6.07, 6.45) is 0. The van der Waals surface area contributed by atoms with Crippen molar-refractivity contribution in [1.82, 2.24) is 9.88 Å². The topological polar surface area (TPSA) is 68.7 Å². The van der Waals surface area contributed by atoms with E-state index in [9.17, 15) is 9.59 Å². The lowest BCUT2D eigenvalue weighted by Crippen LogP contribution is -2.42. The molecule has 3 heterocycles. The number of hydrogen-bond acceptors (Lipinski definition) is 7. The fourth-order valence-corrected chi connectivity index (χ4v) is 3.95. The van der Waals surface area contributed by atoms with Gasteiger partial charge in [0.25, 0.3) is 5.91 Å². The van der Waals surface area contributed by atoms with Crippen LogP contribution in [-0.2, 0) is 14.3 Å². The quantitative estimate of drug-likeness (QED) is 0.789. The standard InChI is InChI=1S/C15H16N2O4S2/c1-10-13(23-14(16-10)11-3-2-8-22-11)15(19)21-9-12(18)17-4-6-20-7-5-17/h2-3,8H,4-7,9H2,1H3. The molecular weight excluding hydrogens is 336 g/mol. The molecule has 23 heavy (non-hydrogen) atoms. The zero-order valence-corrected chi connectivity index (χ0v) is 14.2. The van der Waals surface area contributed by atoms with Gasteiger partial charge >= 0.3 is 5.97 Å². The van der Waals surface area contributed by atoms with Crippen LogP contribution >= 0.6 is 22.7 Å². The molecule has 8 heteroatoms. The monoisotopic (exact) mass is 352 g/mol. The van der Waals surface area contributed by atoms with E-state index in [2.05, 4.69) is 4.98 Å². The summed E-state index contributed by atoms with van der Waals surface area (Å²) in [4.78, 5) is 31.7. The van der Waals surface area contributed by atoms with Gasteiger partial charge in [-0.3, -0.25) is 4.79 Å². The minimum Gasteiger partial charge on any atom is -0.451 e. The number of rotatable bonds is 4. The maximum absolute atomic E-state index is 12.2. The van der Waals surface area contributed by atoms with E-state index in [0.29, 0.717) is 36.9 Å². The maximum Gasteiger partial charge on any atom is 0.350 e. The fraction of sp³-hybridized carbons (Fsp3) is 0.400. The molecular formula is C15H16N2O4S2. The minimum absolute atomic E-state index is 0.192. The zero-order valence-electron chi connectivity index (χ0n) is 12.6. The smallest absolute Gasteiger partial charge is 0.350 e.